The van der Waals surface area contributed by atoms with Crippen LogP contribution in [0.3, 0.4) is 0 Å². The highest BCUT2D eigenvalue weighted by molar-refractivity contribution is 7.13. The smallest absolute Gasteiger partial charge is 0.252 e. The van der Waals surface area contributed by atoms with E-state index in [1.54, 1.807) is 0 Å². The van der Waals surface area contributed by atoms with E-state index in [-0.39, 0.29) is 18.8 Å². The van der Waals surface area contributed by atoms with Crippen LogP contribution in [0.4, 0.5) is 14.5 Å². The fourth-order valence-corrected chi connectivity index (χ4v) is 4.14. The molecule has 0 saturated heterocycles. The third kappa shape index (κ3) is 2.07. The summed E-state index contributed by atoms with van der Waals surface area (Å²) < 4.78 is 27.3. The molecular formula is C12H17F2N5S. The number of nitrogens with one attached hydrogen (secondary N) is 1. The lowest BCUT2D eigenvalue weighted by Crippen LogP contribution is -2.44. The van der Waals surface area contributed by atoms with Gasteiger partial charge < -0.3 is 22.5 Å². The lowest BCUT2D eigenvalue weighted by Gasteiger charge is -2.30. The van der Waals surface area contributed by atoms with Crippen LogP contribution in [0, 0.1) is 0 Å². The van der Waals surface area contributed by atoms with Crippen molar-refractivity contribution < 1.29 is 8.78 Å². The van der Waals surface area contributed by atoms with E-state index in [0.29, 0.717) is 30.6 Å². The number of hydrogen-bond acceptors (Lipinski definition) is 6. The Labute approximate surface area is 119 Å². The zero-order valence-corrected chi connectivity index (χ0v) is 11.7. The molecule has 1 aromatic heterocycles. The normalized spacial score (nSPS) is 27.3. The Balaban J connectivity index is 2.10. The molecule has 0 bridgehead atoms. The second kappa shape index (κ2) is 4.37. The Morgan fingerprint density at radius 2 is 2.15 bits per heavy atom. The van der Waals surface area contributed by atoms with Crippen molar-refractivity contribution >= 4 is 23.0 Å². The van der Waals surface area contributed by atoms with Gasteiger partial charge >= 0.3 is 0 Å². The minimum atomic E-state index is -2.67. The number of aryl methyl sites for hydroxylation is 1. The van der Waals surface area contributed by atoms with Crippen molar-refractivity contribution in [2.45, 2.75) is 37.3 Å². The van der Waals surface area contributed by atoms with Crippen molar-refractivity contribution in [3.8, 4) is 0 Å². The second-order valence-corrected chi connectivity index (χ2v) is 6.43. The van der Waals surface area contributed by atoms with Crippen molar-refractivity contribution in [1.82, 2.24) is 0 Å². The highest BCUT2D eigenvalue weighted by Crippen LogP contribution is 2.48. The number of aliphatic imine (C=N–C) groups is 1. The number of fused-ring (bicyclic) bond motifs is 3. The average Bonchev–Trinajstić information content (AvgIpc) is 2.67. The van der Waals surface area contributed by atoms with Crippen LogP contribution in [0.2, 0.25) is 0 Å². The van der Waals surface area contributed by atoms with E-state index in [1.165, 1.54) is 11.3 Å². The molecule has 5 nitrogen and oxygen atoms in total. The van der Waals surface area contributed by atoms with Crippen LogP contribution in [0.5, 0.6) is 0 Å². The molecule has 2 heterocycles. The third-order valence-electron chi connectivity index (χ3n) is 3.74. The first kappa shape index (κ1) is 13.7. The summed E-state index contributed by atoms with van der Waals surface area (Å²) in [5.74, 6) is -2.51. The lowest BCUT2D eigenvalue weighted by atomic mass is 9.92. The molecule has 0 spiro atoms. The van der Waals surface area contributed by atoms with Crippen molar-refractivity contribution in [2.24, 2.45) is 22.2 Å². The van der Waals surface area contributed by atoms with Crippen LogP contribution in [0.15, 0.2) is 4.99 Å². The number of halogens is 2. The monoisotopic (exact) mass is 301 g/mol. The fourth-order valence-electron chi connectivity index (χ4n) is 2.79. The molecule has 1 atom stereocenters. The number of guanidine groups is 1. The summed E-state index contributed by atoms with van der Waals surface area (Å²) in [5.41, 5.74) is 17.9. The first-order valence-corrected chi connectivity index (χ1v) is 7.30. The van der Waals surface area contributed by atoms with Crippen molar-refractivity contribution in [2.75, 3.05) is 11.9 Å². The summed E-state index contributed by atoms with van der Waals surface area (Å²) in [5, 5.41) is 2.90. The maximum absolute atomic E-state index is 13.6. The zero-order valence-electron chi connectivity index (χ0n) is 10.9. The van der Waals surface area contributed by atoms with Crippen molar-refractivity contribution in [1.29, 1.82) is 0 Å². The van der Waals surface area contributed by atoms with Crippen LogP contribution in [0.25, 0.3) is 0 Å². The van der Waals surface area contributed by atoms with Gasteiger partial charge in [-0.3, -0.25) is 0 Å². The molecule has 0 amide bonds. The standard InChI is InChI=1S/C12H17F2N5S/c13-11(14)2-1-7-6(5-11)8-9(20-7)12(17,3-4-15)19-10(16)18-8/h1-5,15,17H2,(H3,16,18,19). The Morgan fingerprint density at radius 1 is 1.40 bits per heavy atom. The molecule has 8 heteroatoms. The maximum Gasteiger partial charge on any atom is 0.252 e. The molecule has 1 aromatic rings. The molecule has 0 fully saturated rings. The second-order valence-electron chi connectivity index (χ2n) is 5.33. The summed E-state index contributed by atoms with van der Waals surface area (Å²) in [6, 6.07) is 0. The van der Waals surface area contributed by atoms with Crippen LogP contribution in [-0.2, 0) is 18.5 Å². The first-order valence-electron chi connectivity index (χ1n) is 6.49. The highest BCUT2D eigenvalue weighted by atomic mass is 32.1. The van der Waals surface area contributed by atoms with Gasteiger partial charge in [-0.1, -0.05) is 0 Å². The van der Waals surface area contributed by atoms with Gasteiger partial charge in [0.1, 0.15) is 5.66 Å². The van der Waals surface area contributed by atoms with Crippen LogP contribution >= 0.6 is 11.3 Å². The molecule has 0 saturated carbocycles. The van der Waals surface area contributed by atoms with Gasteiger partial charge in [-0.25, -0.2) is 13.8 Å². The number of hydrogen-bond donors (Lipinski definition) is 4. The topological polar surface area (TPSA) is 102 Å². The van der Waals surface area contributed by atoms with Crippen LogP contribution in [-0.4, -0.2) is 18.4 Å². The Bertz CT molecular complexity index is 583. The van der Waals surface area contributed by atoms with E-state index < -0.39 is 11.6 Å². The van der Waals surface area contributed by atoms with Crippen molar-refractivity contribution in [3.63, 3.8) is 0 Å². The molecule has 110 valence electrons. The SMILES string of the molecule is NCCC1(N)N=C(N)Nc2c1sc1c2CC(F)(F)CC1. The molecule has 3 rings (SSSR count). The van der Waals surface area contributed by atoms with Gasteiger partial charge in [0.05, 0.1) is 10.6 Å². The molecular weight excluding hydrogens is 284 g/mol. The summed E-state index contributed by atoms with van der Waals surface area (Å²) >= 11 is 1.45. The fraction of sp³-hybridized carbons (Fsp3) is 0.583. The van der Waals surface area contributed by atoms with Crippen molar-refractivity contribution in [3.05, 3.63) is 15.3 Å². The molecule has 0 aromatic carbocycles. The zero-order chi connectivity index (χ0) is 14.5. The molecule has 1 aliphatic carbocycles. The maximum atomic E-state index is 13.6. The van der Waals surface area contributed by atoms with E-state index in [1.807, 2.05) is 0 Å². The summed E-state index contributed by atoms with van der Waals surface area (Å²) in [4.78, 5) is 5.94. The quantitative estimate of drug-likeness (QED) is 0.656. The number of anilines is 1. The van der Waals surface area contributed by atoms with E-state index in [2.05, 4.69) is 10.3 Å². The van der Waals surface area contributed by atoms with E-state index in [4.69, 9.17) is 17.2 Å². The number of nitrogens with two attached hydrogens (primary N) is 3. The molecule has 1 unspecified atom stereocenters. The molecule has 7 N–H and O–H groups in total. The van der Waals surface area contributed by atoms with Gasteiger partial charge in [-0.15, -0.1) is 11.3 Å². The third-order valence-corrected chi connectivity index (χ3v) is 5.19. The van der Waals surface area contributed by atoms with Crippen LogP contribution < -0.4 is 22.5 Å². The Hall–Kier alpha value is -1.25. The molecule has 1 aliphatic heterocycles. The number of rotatable bonds is 2. The number of thiophene rings is 1. The van der Waals surface area contributed by atoms with E-state index in [9.17, 15) is 8.78 Å². The van der Waals surface area contributed by atoms with E-state index >= 15 is 0 Å². The minimum Gasteiger partial charge on any atom is -0.370 e. The number of alkyl halides is 2. The van der Waals surface area contributed by atoms with Gasteiger partial charge in [0.25, 0.3) is 5.92 Å². The lowest BCUT2D eigenvalue weighted by molar-refractivity contribution is -0.0115. The van der Waals surface area contributed by atoms with E-state index in [0.717, 1.165) is 9.75 Å². The van der Waals surface area contributed by atoms with Crippen LogP contribution in [0.1, 0.15) is 28.2 Å². The average molecular weight is 301 g/mol. The van der Waals surface area contributed by atoms with Gasteiger partial charge in [0.15, 0.2) is 5.96 Å². The predicted octanol–water partition coefficient (Wildman–Crippen LogP) is 1.07. The summed E-state index contributed by atoms with van der Waals surface area (Å²) in [7, 11) is 0. The van der Waals surface area contributed by atoms with Gasteiger partial charge in [-0.05, 0) is 18.5 Å². The summed E-state index contributed by atoms with van der Waals surface area (Å²) in [6.07, 6.45) is 0.399. The number of nitrogens with zero attached hydrogens (tertiary/aromatic N) is 1. The molecule has 2 aliphatic rings. The predicted molar refractivity (Wildman–Crippen MR) is 76.1 cm³/mol. The summed E-state index contributed by atoms with van der Waals surface area (Å²) in [6.45, 7) is 0.353. The van der Waals surface area contributed by atoms with Gasteiger partial charge in [-0.2, -0.15) is 0 Å². The van der Waals surface area contributed by atoms with Gasteiger partial charge in [0, 0.05) is 24.1 Å². The minimum absolute atomic E-state index is 0.121. The highest BCUT2D eigenvalue weighted by Gasteiger charge is 2.42. The molecule has 20 heavy (non-hydrogen) atoms. The first-order chi connectivity index (χ1) is 9.35. The largest absolute Gasteiger partial charge is 0.370 e. The Morgan fingerprint density at radius 3 is 2.85 bits per heavy atom. The molecule has 0 radical (unpaired) electrons. The Kier molecular flexibility index (Phi) is 3.00. The van der Waals surface area contributed by atoms with Gasteiger partial charge in [0.2, 0.25) is 0 Å².